The van der Waals surface area contributed by atoms with Crippen LogP contribution >= 0.6 is 0 Å². The van der Waals surface area contributed by atoms with E-state index in [1.54, 1.807) is 0 Å². The Bertz CT molecular complexity index is 388. The fourth-order valence-electron chi connectivity index (χ4n) is 1.99. The van der Waals surface area contributed by atoms with Crippen LogP contribution in [0.15, 0.2) is 24.3 Å². The van der Waals surface area contributed by atoms with Crippen LogP contribution in [0.1, 0.15) is 30.1 Å². The second kappa shape index (κ2) is 4.66. The normalized spacial score (nSPS) is 22.0. The molecule has 2 nitrogen and oxygen atoms in total. The molecule has 94 valence electrons. The van der Waals surface area contributed by atoms with Crippen LogP contribution < -0.4 is 5.32 Å². The minimum Gasteiger partial charge on any atom is -0.388 e. The van der Waals surface area contributed by atoms with Gasteiger partial charge in [-0.3, -0.25) is 0 Å². The van der Waals surface area contributed by atoms with E-state index >= 15 is 0 Å². The Morgan fingerprint density at radius 3 is 2.53 bits per heavy atom. The number of alkyl halides is 3. The van der Waals surface area contributed by atoms with E-state index in [0.717, 1.165) is 19.0 Å². The van der Waals surface area contributed by atoms with Crippen molar-refractivity contribution in [1.82, 2.24) is 5.32 Å². The van der Waals surface area contributed by atoms with E-state index < -0.39 is 17.8 Å². The van der Waals surface area contributed by atoms with Crippen LogP contribution in [0.5, 0.6) is 0 Å². The van der Waals surface area contributed by atoms with Crippen LogP contribution in [0.3, 0.4) is 0 Å². The van der Waals surface area contributed by atoms with Crippen molar-refractivity contribution in [3.63, 3.8) is 0 Å². The highest BCUT2D eigenvalue weighted by molar-refractivity contribution is 5.31. The summed E-state index contributed by atoms with van der Waals surface area (Å²) >= 11 is 0. The average molecular weight is 245 g/mol. The summed E-state index contributed by atoms with van der Waals surface area (Å²) in [5.74, 6) is 0. The minimum absolute atomic E-state index is 0.0336. The molecular weight excluding hydrogens is 231 g/mol. The summed E-state index contributed by atoms with van der Waals surface area (Å²) in [5, 5.41) is 12.9. The zero-order chi connectivity index (χ0) is 12.5. The van der Waals surface area contributed by atoms with Crippen LogP contribution in [0, 0.1) is 0 Å². The van der Waals surface area contributed by atoms with Gasteiger partial charge in [0.15, 0.2) is 0 Å². The highest BCUT2D eigenvalue weighted by atomic mass is 19.4. The average Bonchev–Trinajstić information content (AvgIpc) is 2.22. The van der Waals surface area contributed by atoms with Crippen molar-refractivity contribution in [2.45, 2.75) is 31.2 Å². The molecule has 0 aliphatic carbocycles. The summed E-state index contributed by atoms with van der Waals surface area (Å²) in [6.07, 6.45) is -4.24. The van der Waals surface area contributed by atoms with Gasteiger partial charge in [0.25, 0.3) is 0 Å². The largest absolute Gasteiger partial charge is 0.416 e. The number of aliphatic hydroxyl groups excluding tert-OH is 1. The van der Waals surface area contributed by atoms with Gasteiger partial charge in [-0.15, -0.1) is 0 Å². The van der Waals surface area contributed by atoms with Crippen LogP contribution in [-0.4, -0.2) is 17.7 Å². The van der Waals surface area contributed by atoms with Crippen molar-refractivity contribution in [1.29, 1.82) is 0 Å². The van der Waals surface area contributed by atoms with Gasteiger partial charge in [0.1, 0.15) is 0 Å². The molecule has 1 aromatic carbocycles. The molecular formula is C12H14F3NO. The summed E-state index contributed by atoms with van der Waals surface area (Å²) in [7, 11) is 0. The second-order valence-electron chi connectivity index (χ2n) is 4.28. The molecule has 0 spiro atoms. The van der Waals surface area contributed by atoms with E-state index in [0.29, 0.717) is 6.42 Å². The second-order valence-corrected chi connectivity index (χ2v) is 4.28. The summed E-state index contributed by atoms with van der Waals surface area (Å²) in [6, 6.07) is 5.33. The number of hydrogen-bond acceptors (Lipinski definition) is 2. The molecule has 1 heterocycles. The first-order chi connectivity index (χ1) is 7.98. The number of aliphatic hydroxyl groups is 1. The van der Waals surface area contributed by atoms with Gasteiger partial charge < -0.3 is 10.4 Å². The first-order valence-corrected chi connectivity index (χ1v) is 5.56. The van der Waals surface area contributed by atoms with Crippen molar-refractivity contribution < 1.29 is 18.3 Å². The molecule has 2 unspecified atom stereocenters. The molecule has 1 aromatic rings. The standard InChI is InChI=1S/C12H14F3NO/c13-12(14,15)10-4-2-1-3-9(10)11(17)7-8-5-6-16-8/h1-4,8,11,16-17H,5-7H2. The van der Waals surface area contributed by atoms with E-state index in [1.807, 2.05) is 0 Å². The Morgan fingerprint density at radius 1 is 1.35 bits per heavy atom. The Kier molecular flexibility index (Phi) is 3.40. The van der Waals surface area contributed by atoms with E-state index in [-0.39, 0.29) is 11.6 Å². The first-order valence-electron chi connectivity index (χ1n) is 5.56. The molecule has 17 heavy (non-hydrogen) atoms. The van der Waals surface area contributed by atoms with Crippen LogP contribution in [0.4, 0.5) is 13.2 Å². The minimum atomic E-state index is -4.41. The molecule has 0 radical (unpaired) electrons. The molecule has 2 atom stereocenters. The zero-order valence-electron chi connectivity index (χ0n) is 9.17. The molecule has 2 N–H and O–H groups in total. The van der Waals surface area contributed by atoms with Gasteiger partial charge in [0.05, 0.1) is 11.7 Å². The molecule has 0 aromatic heterocycles. The molecule has 1 fully saturated rings. The predicted molar refractivity (Wildman–Crippen MR) is 57.4 cm³/mol. The van der Waals surface area contributed by atoms with Gasteiger partial charge in [-0.1, -0.05) is 18.2 Å². The molecule has 1 saturated heterocycles. The highest BCUT2D eigenvalue weighted by Crippen LogP contribution is 2.36. The quantitative estimate of drug-likeness (QED) is 0.857. The van der Waals surface area contributed by atoms with Crippen LogP contribution in [0.2, 0.25) is 0 Å². The number of halogens is 3. The van der Waals surface area contributed by atoms with E-state index in [4.69, 9.17) is 0 Å². The molecule has 5 heteroatoms. The third-order valence-electron chi connectivity index (χ3n) is 3.06. The molecule has 1 aliphatic rings. The number of hydrogen-bond donors (Lipinski definition) is 2. The monoisotopic (exact) mass is 245 g/mol. The Labute approximate surface area is 97.5 Å². The first kappa shape index (κ1) is 12.4. The third kappa shape index (κ3) is 2.79. The zero-order valence-corrected chi connectivity index (χ0v) is 9.17. The molecule has 0 bridgehead atoms. The lowest BCUT2D eigenvalue weighted by Crippen LogP contribution is -2.43. The van der Waals surface area contributed by atoms with Crippen molar-refractivity contribution in [3.05, 3.63) is 35.4 Å². The lowest BCUT2D eigenvalue weighted by molar-refractivity contribution is -0.139. The Balaban J connectivity index is 2.18. The van der Waals surface area contributed by atoms with Gasteiger partial charge in [-0.25, -0.2) is 0 Å². The van der Waals surface area contributed by atoms with Crippen molar-refractivity contribution in [3.8, 4) is 0 Å². The van der Waals surface area contributed by atoms with Gasteiger partial charge >= 0.3 is 6.18 Å². The molecule has 0 amide bonds. The van der Waals surface area contributed by atoms with Gasteiger partial charge in [0.2, 0.25) is 0 Å². The maximum atomic E-state index is 12.7. The fourth-order valence-corrected chi connectivity index (χ4v) is 1.99. The van der Waals surface area contributed by atoms with Crippen molar-refractivity contribution in [2.24, 2.45) is 0 Å². The predicted octanol–water partition coefficient (Wildman–Crippen LogP) is 2.49. The summed E-state index contributed by atoms with van der Waals surface area (Å²) < 4.78 is 38.1. The van der Waals surface area contributed by atoms with Crippen molar-refractivity contribution in [2.75, 3.05) is 6.54 Å². The van der Waals surface area contributed by atoms with Crippen molar-refractivity contribution >= 4 is 0 Å². The van der Waals surface area contributed by atoms with E-state index in [1.165, 1.54) is 18.2 Å². The highest BCUT2D eigenvalue weighted by Gasteiger charge is 2.35. The lowest BCUT2D eigenvalue weighted by Gasteiger charge is -2.30. The van der Waals surface area contributed by atoms with Crippen LogP contribution in [0.25, 0.3) is 0 Å². The number of nitrogens with one attached hydrogen (secondary N) is 1. The maximum absolute atomic E-state index is 12.7. The van der Waals surface area contributed by atoms with E-state index in [9.17, 15) is 18.3 Å². The molecule has 1 aliphatic heterocycles. The van der Waals surface area contributed by atoms with Gasteiger partial charge in [-0.05, 0) is 31.0 Å². The topological polar surface area (TPSA) is 32.3 Å². The molecule has 2 rings (SSSR count). The number of benzene rings is 1. The van der Waals surface area contributed by atoms with Crippen LogP contribution in [-0.2, 0) is 6.18 Å². The Hall–Kier alpha value is -1.07. The van der Waals surface area contributed by atoms with E-state index in [2.05, 4.69) is 5.32 Å². The maximum Gasteiger partial charge on any atom is 0.416 e. The third-order valence-corrected chi connectivity index (χ3v) is 3.06. The lowest BCUT2D eigenvalue weighted by atomic mass is 9.93. The summed E-state index contributed by atoms with van der Waals surface area (Å²) in [4.78, 5) is 0. The summed E-state index contributed by atoms with van der Waals surface area (Å²) in [6.45, 7) is 0.873. The molecule has 0 saturated carbocycles. The number of rotatable bonds is 3. The van der Waals surface area contributed by atoms with Gasteiger partial charge in [0, 0.05) is 6.04 Å². The smallest absolute Gasteiger partial charge is 0.388 e. The fraction of sp³-hybridized carbons (Fsp3) is 0.500. The SMILES string of the molecule is OC(CC1CCN1)c1ccccc1C(F)(F)F. The van der Waals surface area contributed by atoms with Gasteiger partial charge in [-0.2, -0.15) is 13.2 Å². The Morgan fingerprint density at radius 2 is 2.00 bits per heavy atom. The summed E-state index contributed by atoms with van der Waals surface area (Å²) in [5.41, 5.74) is -0.777.